The van der Waals surface area contributed by atoms with Crippen LogP contribution in [0.5, 0.6) is 0 Å². The standard InChI is InChI=1S/C17H12FN3S3/c1-22-12-6-7-13-15(8-12)24-17(19-13)21-16-20-14(9-23-16)10-2-4-11(18)5-3-10/h2-9H,1H3,(H,19,20,21). The molecule has 2 aromatic carbocycles. The number of anilines is 2. The molecule has 0 aliphatic carbocycles. The van der Waals surface area contributed by atoms with Crippen LogP contribution in [0.15, 0.2) is 52.7 Å². The van der Waals surface area contributed by atoms with Gasteiger partial charge in [-0.15, -0.1) is 23.1 Å². The average molecular weight is 374 g/mol. The van der Waals surface area contributed by atoms with Crippen LogP contribution in [0.2, 0.25) is 0 Å². The minimum Gasteiger partial charge on any atom is -0.307 e. The third kappa shape index (κ3) is 3.15. The summed E-state index contributed by atoms with van der Waals surface area (Å²) in [5.41, 5.74) is 2.71. The fourth-order valence-corrected chi connectivity index (χ4v) is 4.46. The van der Waals surface area contributed by atoms with Crippen LogP contribution in [0.3, 0.4) is 0 Å². The summed E-state index contributed by atoms with van der Waals surface area (Å²) in [7, 11) is 0. The minimum absolute atomic E-state index is 0.244. The zero-order valence-electron chi connectivity index (χ0n) is 12.6. The lowest BCUT2D eigenvalue weighted by Gasteiger charge is -1.97. The van der Waals surface area contributed by atoms with E-state index in [4.69, 9.17) is 0 Å². The molecule has 4 aromatic rings. The number of thiazole rings is 2. The highest BCUT2D eigenvalue weighted by atomic mass is 32.2. The molecule has 0 amide bonds. The summed E-state index contributed by atoms with van der Waals surface area (Å²) >= 11 is 4.84. The predicted molar refractivity (Wildman–Crippen MR) is 102 cm³/mol. The summed E-state index contributed by atoms with van der Waals surface area (Å²) in [6.45, 7) is 0. The van der Waals surface area contributed by atoms with Crippen molar-refractivity contribution in [3.63, 3.8) is 0 Å². The highest BCUT2D eigenvalue weighted by molar-refractivity contribution is 7.98. The number of rotatable bonds is 4. The van der Waals surface area contributed by atoms with Crippen LogP contribution in [0.25, 0.3) is 21.5 Å². The number of halogens is 1. The molecular formula is C17H12FN3S3. The Hall–Kier alpha value is -1.96. The molecule has 1 N–H and O–H groups in total. The van der Waals surface area contributed by atoms with Crippen molar-refractivity contribution < 1.29 is 4.39 Å². The van der Waals surface area contributed by atoms with Gasteiger partial charge in [0.25, 0.3) is 0 Å². The molecule has 0 radical (unpaired) electrons. The molecule has 2 aromatic heterocycles. The van der Waals surface area contributed by atoms with Crippen molar-refractivity contribution >= 4 is 54.9 Å². The van der Waals surface area contributed by atoms with Gasteiger partial charge in [-0.2, -0.15) is 0 Å². The number of benzene rings is 2. The summed E-state index contributed by atoms with van der Waals surface area (Å²) in [4.78, 5) is 10.4. The molecule has 2 heterocycles. The topological polar surface area (TPSA) is 37.8 Å². The molecule has 0 fully saturated rings. The normalized spacial score (nSPS) is 11.1. The Bertz CT molecular complexity index is 992. The second-order valence-electron chi connectivity index (χ2n) is 5.02. The second-order valence-corrected chi connectivity index (χ2v) is 7.79. The van der Waals surface area contributed by atoms with E-state index in [1.165, 1.54) is 28.4 Å². The molecule has 4 rings (SSSR count). The summed E-state index contributed by atoms with van der Waals surface area (Å²) in [5.74, 6) is -0.244. The molecule has 0 unspecified atom stereocenters. The Morgan fingerprint density at radius 3 is 2.67 bits per heavy atom. The fourth-order valence-electron chi connectivity index (χ4n) is 2.26. The first-order valence-corrected chi connectivity index (χ1v) is 10.1. The van der Waals surface area contributed by atoms with Crippen molar-refractivity contribution in [1.29, 1.82) is 0 Å². The van der Waals surface area contributed by atoms with E-state index in [1.54, 1.807) is 35.2 Å². The Morgan fingerprint density at radius 1 is 1.04 bits per heavy atom. The van der Waals surface area contributed by atoms with Crippen LogP contribution in [-0.2, 0) is 0 Å². The van der Waals surface area contributed by atoms with E-state index in [9.17, 15) is 4.39 Å². The van der Waals surface area contributed by atoms with Crippen LogP contribution in [0.1, 0.15) is 0 Å². The van der Waals surface area contributed by atoms with Gasteiger partial charge in [0, 0.05) is 15.8 Å². The quantitative estimate of drug-likeness (QED) is 0.444. The number of fused-ring (bicyclic) bond motifs is 1. The van der Waals surface area contributed by atoms with Crippen LogP contribution in [0, 0.1) is 5.82 Å². The van der Waals surface area contributed by atoms with E-state index in [2.05, 4.69) is 33.7 Å². The largest absolute Gasteiger partial charge is 0.307 e. The van der Waals surface area contributed by atoms with Gasteiger partial charge in [-0.1, -0.05) is 11.3 Å². The molecule has 24 heavy (non-hydrogen) atoms. The number of nitrogens with zero attached hydrogens (tertiary/aromatic N) is 2. The molecule has 3 nitrogen and oxygen atoms in total. The van der Waals surface area contributed by atoms with Gasteiger partial charge in [0.1, 0.15) is 5.82 Å². The first-order chi connectivity index (χ1) is 11.7. The van der Waals surface area contributed by atoms with E-state index in [0.717, 1.165) is 31.7 Å². The van der Waals surface area contributed by atoms with Crippen LogP contribution < -0.4 is 5.32 Å². The van der Waals surface area contributed by atoms with Crippen molar-refractivity contribution in [3.05, 3.63) is 53.7 Å². The molecule has 0 spiro atoms. The zero-order valence-corrected chi connectivity index (χ0v) is 15.1. The first kappa shape index (κ1) is 15.6. The molecular weight excluding hydrogens is 361 g/mol. The monoisotopic (exact) mass is 373 g/mol. The van der Waals surface area contributed by atoms with Gasteiger partial charge in [0.15, 0.2) is 10.3 Å². The summed E-state index contributed by atoms with van der Waals surface area (Å²) in [6, 6.07) is 12.6. The van der Waals surface area contributed by atoms with Gasteiger partial charge >= 0.3 is 0 Å². The lowest BCUT2D eigenvalue weighted by molar-refractivity contribution is 0.628. The molecule has 7 heteroatoms. The van der Waals surface area contributed by atoms with E-state index < -0.39 is 0 Å². The number of aromatic nitrogens is 2. The van der Waals surface area contributed by atoms with Crippen LogP contribution >= 0.6 is 34.4 Å². The van der Waals surface area contributed by atoms with Crippen LogP contribution in [-0.4, -0.2) is 16.2 Å². The van der Waals surface area contributed by atoms with Crippen molar-refractivity contribution in [3.8, 4) is 11.3 Å². The predicted octanol–water partition coefficient (Wildman–Crippen LogP) is 6.02. The van der Waals surface area contributed by atoms with E-state index in [-0.39, 0.29) is 5.82 Å². The number of hydrogen-bond donors (Lipinski definition) is 1. The number of thioether (sulfide) groups is 1. The maximum absolute atomic E-state index is 13.0. The Kier molecular flexibility index (Phi) is 4.22. The van der Waals surface area contributed by atoms with Gasteiger partial charge in [0.05, 0.1) is 15.9 Å². The number of hydrogen-bond acceptors (Lipinski definition) is 6. The highest BCUT2D eigenvalue weighted by Gasteiger charge is 2.09. The van der Waals surface area contributed by atoms with E-state index in [0.29, 0.717) is 0 Å². The highest BCUT2D eigenvalue weighted by Crippen LogP contribution is 2.33. The maximum Gasteiger partial charge on any atom is 0.190 e. The lowest BCUT2D eigenvalue weighted by Crippen LogP contribution is -1.88. The Balaban J connectivity index is 1.58. The van der Waals surface area contributed by atoms with Gasteiger partial charge in [-0.05, 0) is 48.7 Å². The molecule has 0 atom stereocenters. The van der Waals surface area contributed by atoms with Crippen molar-refractivity contribution in [1.82, 2.24) is 9.97 Å². The van der Waals surface area contributed by atoms with Gasteiger partial charge in [-0.25, -0.2) is 14.4 Å². The molecule has 0 aliphatic heterocycles. The molecule has 120 valence electrons. The Labute approximate surface area is 150 Å². The van der Waals surface area contributed by atoms with Crippen molar-refractivity contribution in [2.24, 2.45) is 0 Å². The molecule has 0 saturated carbocycles. The SMILES string of the molecule is CSc1ccc2nc(Nc3nc(-c4ccc(F)cc4)cs3)sc2c1. The Morgan fingerprint density at radius 2 is 1.88 bits per heavy atom. The van der Waals surface area contributed by atoms with E-state index in [1.807, 2.05) is 11.4 Å². The second kappa shape index (κ2) is 6.51. The minimum atomic E-state index is -0.244. The maximum atomic E-state index is 13.0. The molecule has 0 saturated heterocycles. The molecule has 0 aliphatic rings. The third-order valence-corrected chi connectivity index (χ3v) is 5.87. The van der Waals surface area contributed by atoms with Gasteiger partial charge in [-0.3, -0.25) is 0 Å². The summed E-state index contributed by atoms with van der Waals surface area (Å²) < 4.78 is 14.2. The zero-order chi connectivity index (χ0) is 16.5. The average Bonchev–Trinajstić information content (AvgIpc) is 3.21. The number of nitrogens with one attached hydrogen (secondary N) is 1. The van der Waals surface area contributed by atoms with Crippen molar-refractivity contribution in [2.75, 3.05) is 11.6 Å². The third-order valence-electron chi connectivity index (χ3n) is 3.45. The summed E-state index contributed by atoms with van der Waals surface area (Å²) in [6.07, 6.45) is 2.06. The molecule has 0 bridgehead atoms. The van der Waals surface area contributed by atoms with E-state index >= 15 is 0 Å². The van der Waals surface area contributed by atoms with Gasteiger partial charge in [0.2, 0.25) is 0 Å². The summed E-state index contributed by atoms with van der Waals surface area (Å²) in [5, 5.41) is 6.82. The van der Waals surface area contributed by atoms with Crippen molar-refractivity contribution in [2.45, 2.75) is 4.90 Å². The lowest BCUT2D eigenvalue weighted by atomic mass is 10.2. The fraction of sp³-hybridized carbons (Fsp3) is 0.0588. The van der Waals surface area contributed by atoms with Crippen LogP contribution in [0.4, 0.5) is 14.7 Å². The first-order valence-electron chi connectivity index (χ1n) is 7.14. The smallest absolute Gasteiger partial charge is 0.190 e. The van der Waals surface area contributed by atoms with Gasteiger partial charge < -0.3 is 5.32 Å².